The number of nitrogens with one attached hydrogen (secondary N) is 1. The van der Waals surface area contributed by atoms with E-state index in [1.807, 2.05) is 30.3 Å². The van der Waals surface area contributed by atoms with Crippen molar-refractivity contribution in [2.24, 2.45) is 0 Å². The molecule has 2 aromatic carbocycles. The molecule has 2 N–H and O–H groups in total. The highest BCUT2D eigenvalue weighted by Gasteiger charge is 2.43. The molecule has 33 heavy (non-hydrogen) atoms. The molecule has 174 valence electrons. The molecule has 5 nitrogen and oxygen atoms in total. The second-order valence-electron chi connectivity index (χ2n) is 9.91. The molecule has 2 bridgehead atoms. The van der Waals surface area contributed by atoms with Gasteiger partial charge in [-0.25, -0.2) is 0 Å². The Morgan fingerprint density at radius 1 is 1.03 bits per heavy atom. The Hall–Kier alpha value is -2.63. The smallest absolute Gasteiger partial charge is 0.251 e. The van der Waals surface area contributed by atoms with Crippen LogP contribution in [0.2, 0.25) is 0 Å². The Balaban J connectivity index is 1.42. The Labute approximate surface area is 197 Å². The van der Waals surface area contributed by atoms with Crippen LogP contribution < -0.4 is 5.32 Å². The molecule has 5 heteroatoms. The van der Waals surface area contributed by atoms with Gasteiger partial charge >= 0.3 is 0 Å². The summed E-state index contributed by atoms with van der Waals surface area (Å²) in [6.45, 7) is 6.94. The lowest BCUT2D eigenvalue weighted by molar-refractivity contribution is 0.0499. The van der Waals surface area contributed by atoms with Crippen LogP contribution in [-0.4, -0.2) is 58.6 Å². The topological polar surface area (TPSA) is 55.8 Å². The number of fused-ring (bicyclic) bond motifs is 2. The fourth-order valence-electron chi connectivity index (χ4n) is 6.16. The minimum Gasteiger partial charge on any atom is -0.508 e. The number of hydrogen-bond acceptors (Lipinski definition) is 4. The van der Waals surface area contributed by atoms with E-state index in [2.05, 4.69) is 39.9 Å². The second-order valence-corrected chi connectivity index (χ2v) is 9.91. The maximum absolute atomic E-state index is 12.7. The molecule has 3 fully saturated rings. The summed E-state index contributed by atoms with van der Waals surface area (Å²) >= 11 is 0. The summed E-state index contributed by atoms with van der Waals surface area (Å²) in [5, 5.41) is 13.4. The van der Waals surface area contributed by atoms with E-state index in [0.29, 0.717) is 23.9 Å². The van der Waals surface area contributed by atoms with Crippen molar-refractivity contribution in [2.45, 2.75) is 62.7 Å². The molecule has 3 unspecified atom stereocenters. The molecular weight excluding hydrogens is 410 g/mol. The van der Waals surface area contributed by atoms with E-state index in [9.17, 15) is 9.90 Å². The van der Waals surface area contributed by atoms with Gasteiger partial charge in [-0.3, -0.25) is 14.6 Å². The maximum Gasteiger partial charge on any atom is 0.251 e. The number of rotatable bonds is 7. The first kappa shape index (κ1) is 22.2. The van der Waals surface area contributed by atoms with Crippen LogP contribution in [0.15, 0.2) is 61.2 Å². The van der Waals surface area contributed by atoms with Gasteiger partial charge in [-0.1, -0.05) is 43.2 Å². The number of piperazine rings is 1. The number of benzene rings is 2. The van der Waals surface area contributed by atoms with Gasteiger partial charge in [-0.15, -0.1) is 6.58 Å². The average Bonchev–Trinajstić information content (AvgIpc) is 3.40. The van der Waals surface area contributed by atoms with Crippen LogP contribution in [0.5, 0.6) is 5.75 Å². The number of amides is 1. The molecule has 2 saturated heterocycles. The number of aromatic hydroxyl groups is 1. The van der Waals surface area contributed by atoms with Crippen molar-refractivity contribution in [1.82, 2.24) is 15.1 Å². The fourth-order valence-corrected chi connectivity index (χ4v) is 6.16. The normalized spacial score (nSPS) is 24.6. The van der Waals surface area contributed by atoms with Crippen molar-refractivity contribution in [3.8, 4) is 5.75 Å². The first-order valence-corrected chi connectivity index (χ1v) is 12.4. The van der Waals surface area contributed by atoms with Gasteiger partial charge in [-0.05, 0) is 61.1 Å². The third kappa shape index (κ3) is 4.71. The van der Waals surface area contributed by atoms with Crippen molar-refractivity contribution in [1.29, 1.82) is 0 Å². The molecule has 0 aromatic heterocycles. The highest BCUT2D eigenvalue weighted by Crippen LogP contribution is 2.41. The summed E-state index contributed by atoms with van der Waals surface area (Å²) in [5.41, 5.74) is 3.00. The van der Waals surface area contributed by atoms with Gasteiger partial charge in [0, 0.05) is 43.3 Å². The number of phenols is 1. The lowest BCUT2D eigenvalue weighted by atomic mass is 9.93. The van der Waals surface area contributed by atoms with Gasteiger partial charge in [0.05, 0.1) is 6.04 Å². The van der Waals surface area contributed by atoms with Crippen LogP contribution in [0.25, 0.3) is 0 Å². The summed E-state index contributed by atoms with van der Waals surface area (Å²) in [4.78, 5) is 17.9. The monoisotopic (exact) mass is 445 g/mol. The molecule has 2 heterocycles. The van der Waals surface area contributed by atoms with Gasteiger partial charge in [0.25, 0.3) is 5.91 Å². The predicted molar refractivity (Wildman–Crippen MR) is 131 cm³/mol. The zero-order valence-electron chi connectivity index (χ0n) is 19.3. The summed E-state index contributed by atoms with van der Waals surface area (Å²) < 4.78 is 0. The van der Waals surface area contributed by atoms with E-state index in [0.717, 1.165) is 43.6 Å². The van der Waals surface area contributed by atoms with E-state index in [4.69, 9.17) is 0 Å². The number of likely N-dealkylation sites (tertiary alicyclic amines) is 1. The predicted octanol–water partition coefficient (Wildman–Crippen LogP) is 4.49. The van der Waals surface area contributed by atoms with Crippen LogP contribution in [0.3, 0.4) is 0 Å². The first-order valence-electron chi connectivity index (χ1n) is 12.4. The number of hydrogen-bond donors (Lipinski definition) is 2. The Kier molecular flexibility index (Phi) is 6.52. The van der Waals surface area contributed by atoms with E-state index in [-0.39, 0.29) is 11.9 Å². The summed E-state index contributed by atoms with van der Waals surface area (Å²) in [6, 6.07) is 17.1. The number of carbonyl (C=O) groups excluding carboxylic acids is 1. The van der Waals surface area contributed by atoms with Gasteiger partial charge in [0.15, 0.2) is 0 Å². The third-order valence-corrected chi connectivity index (χ3v) is 7.66. The molecule has 3 atom stereocenters. The van der Waals surface area contributed by atoms with Crippen molar-refractivity contribution in [3.63, 3.8) is 0 Å². The molecule has 3 aliphatic rings. The molecule has 2 aliphatic heterocycles. The Bertz CT molecular complexity index is 969. The van der Waals surface area contributed by atoms with Gasteiger partial charge in [-0.2, -0.15) is 0 Å². The highest BCUT2D eigenvalue weighted by molar-refractivity contribution is 5.94. The van der Waals surface area contributed by atoms with E-state index < -0.39 is 0 Å². The zero-order valence-corrected chi connectivity index (χ0v) is 19.3. The zero-order chi connectivity index (χ0) is 22.8. The van der Waals surface area contributed by atoms with Crippen LogP contribution in [-0.2, 0) is 0 Å². The third-order valence-electron chi connectivity index (χ3n) is 7.66. The summed E-state index contributed by atoms with van der Waals surface area (Å²) in [6.07, 6.45) is 8.96. The fraction of sp³-hybridized carbons (Fsp3) is 0.464. The largest absolute Gasteiger partial charge is 0.508 e. The van der Waals surface area contributed by atoms with Crippen LogP contribution in [0.4, 0.5) is 0 Å². The van der Waals surface area contributed by atoms with Crippen molar-refractivity contribution in [2.75, 3.05) is 19.6 Å². The molecule has 1 amide bonds. The van der Waals surface area contributed by atoms with Gasteiger partial charge in [0.1, 0.15) is 5.75 Å². The lowest BCUT2D eigenvalue weighted by Gasteiger charge is -2.45. The average molecular weight is 446 g/mol. The Morgan fingerprint density at radius 2 is 1.73 bits per heavy atom. The molecular formula is C28H35N3O2. The molecule has 0 spiro atoms. The van der Waals surface area contributed by atoms with E-state index in [1.165, 1.54) is 31.2 Å². The Morgan fingerprint density at radius 3 is 2.36 bits per heavy atom. The lowest BCUT2D eigenvalue weighted by Crippen LogP contribution is -2.54. The second kappa shape index (κ2) is 9.70. The van der Waals surface area contributed by atoms with Crippen LogP contribution >= 0.6 is 0 Å². The van der Waals surface area contributed by atoms with Gasteiger partial charge in [0.2, 0.25) is 0 Å². The molecule has 1 aliphatic carbocycles. The maximum atomic E-state index is 12.7. The minimum absolute atomic E-state index is 0.0282. The van der Waals surface area contributed by atoms with Crippen LogP contribution in [0, 0.1) is 0 Å². The number of nitrogens with zero attached hydrogens (tertiary/aromatic N) is 2. The summed E-state index contributed by atoms with van der Waals surface area (Å²) in [5.74, 6) is 0.322. The van der Waals surface area contributed by atoms with Crippen molar-refractivity contribution in [3.05, 3.63) is 77.9 Å². The summed E-state index contributed by atoms with van der Waals surface area (Å²) in [7, 11) is 0. The highest BCUT2D eigenvalue weighted by atomic mass is 16.3. The van der Waals surface area contributed by atoms with Crippen molar-refractivity contribution >= 4 is 5.91 Å². The number of phenolic OH excluding ortho intramolecular Hbond substituents is 1. The molecule has 2 aromatic rings. The minimum atomic E-state index is 0.0282. The van der Waals surface area contributed by atoms with Gasteiger partial charge < -0.3 is 10.4 Å². The first-order chi connectivity index (χ1) is 16.1. The molecule has 1 saturated carbocycles. The standard InChI is InChI=1S/C28H35N3O2/c1-2-16-30-18-24-14-15-25(19-30)31(24)27(22-6-5-9-26(32)17-22)20-10-12-21(13-11-20)28(33)29-23-7-3-4-8-23/h2,5-6,9-13,17,23-25,27,32H,1,3-4,7-8,14-16,18-19H2,(H,29,33). The SMILES string of the molecule is C=CCN1CC2CCC(C1)N2C(c1ccc(C(=O)NC2CCCC2)cc1)c1cccc(O)c1. The molecule has 0 radical (unpaired) electrons. The molecule has 5 rings (SSSR count). The van der Waals surface area contributed by atoms with E-state index >= 15 is 0 Å². The van der Waals surface area contributed by atoms with Crippen LogP contribution in [0.1, 0.15) is 66.1 Å². The number of carbonyl (C=O) groups is 1. The quantitative estimate of drug-likeness (QED) is 0.617. The van der Waals surface area contributed by atoms with Crippen molar-refractivity contribution < 1.29 is 9.90 Å². The van der Waals surface area contributed by atoms with E-state index in [1.54, 1.807) is 6.07 Å².